The van der Waals surface area contributed by atoms with Crippen molar-refractivity contribution in [1.82, 2.24) is 10.2 Å². The zero-order chi connectivity index (χ0) is 7.68. The van der Waals surface area contributed by atoms with Crippen molar-refractivity contribution in [3.8, 4) is 0 Å². The van der Waals surface area contributed by atoms with Crippen molar-refractivity contribution in [2.24, 2.45) is 0 Å². The summed E-state index contributed by atoms with van der Waals surface area (Å²) in [6.07, 6.45) is 4.20. The van der Waals surface area contributed by atoms with Crippen molar-refractivity contribution in [2.75, 3.05) is 19.6 Å². The molecule has 0 aromatic heterocycles. The molecule has 1 heterocycles. The van der Waals surface area contributed by atoms with E-state index in [9.17, 15) is 0 Å². The number of nitrogens with zero attached hydrogens (tertiary/aromatic N) is 1. The molecule has 0 aromatic rings. The highest BCUT2D eigenvalue weighted by Crippen LogP contribution is 2.21. The summed E-state index contributed by atoms with van der Waals surface area (Å²) in [5.74, 6) is 0. The molecule has 1 saturated heterocycles. The van der Waals surface area contributed by atoms with Crippen LogP contribution in [0.15, 0.2) is 0 Å². The van der Waals surface area contributed by atoms with Crippen LogP contribution in [-0.2, 0) is 0 Å². The molecule has 1 aliphatic carbocycles. The van der Waals surface area contributed by atoms with Crippen molar-refractivity contribution in [2.45, 2.75) is 38.3 Å². The third-order valence-electron chi connectivity index (χ3n) is 2.77. The lowest BCUT2D eigenvalue weighted by atomic mass is 10.2. The number of rotatable bonds is 3. The summed E-state index contributed by atoms with van der Waals surface area (Å²) in [4.78, 5) is 2.53. The van der Waals surface area contributed by atoms with Gasteiger partial charge < -0.3 is 10.2 Å². The summed E-state index contributed by atoms with van der Waals surface area (Å²) in [6, 6.07) is 1.69. The quantitative estimate of drug-likeness (QED) is 0.648. The Kier molecular flexibility index (Phi) is 2.14. The Labute approximate surface area is 69.0 Å². The monoisotopic (exact) mass is 154 g/mol. The molecule has 1 atom stereocenters. The van der Waals surface area contributed by atoms with Gasteiger partial charge in [-0.2, -0.15) is 0 Å². The van der Waals surface area contributed by atoms with E-state index in [1.165, 1.54) is 38.9 Å². The second-order valence-electron chi connectivity index (χ2n) is 3.82. The summed E-state index contributed by atoms with van der Waals surface area (Å²) in [5.41, 5.74) is 0. The molecule has 1 aliphatic heterocycles. The molecule has 0 bridgehead atoms. The first-order valence-electron chi connectivity index (χ1n) is 4.87. The molecule has 2 heteroatoms. The largest absolute Gasteiger partial charge is 0.310 e. The van der Waals surface area contributed by atoms with E-state index < -0.39 is 0 Å². The molecule has 1 saturated carbocycles. The van der Waals surface area contributed by atoms with E-state index in [0.29, 0.717) is 0 Å². The highest BCUT2D eigenvalue weighted by Gasteiger charge is 2.28. The van der Waals surface area contributed by atoms with Crippen molar-refractivity contribution >= 4 is 0 Å². The normalized spacial score (nSPS) is 33.0. The maximum absolute atomic E-state index is 3.68. The summed E-state index contributed by atoms with van der Waals surface area (Å²) in [7, 11) is 0. The molecule has 2 rings (SSSR count). The molecular weight excluding hydrogens is 136 g/mol. The van der Waals surface area contributed by atoms with Gasteiger partial charge in [-0.05, 0) is 32.4 Å². The molecule has 1 N–H and O–H groups in total. The van der Waals surface area contributed by atoms with Crippen molar-refractivity contribution in [1.29, 1.82) is 0 Å². The van der Waals surface area contributed by atoms with Crippen LogP contribution < -0.4 is 5.32 Å². The SMILES string of the molecule is CCN1CC[C@H](NC2CC2)C1. The van der Waals surface area contributed by atoms with Crippen LogP contribution in [0.25, 0.3) is 0 Å². The summed E-state index contributed by atoms with van der Waals surface area (Å²) in [6.45, 7) is 6.07. The highest BCUT2D eigenvalue weighted by atomic mass is 15.2. The second kappa shape index (κ2) is 3.11. The molecule has 64 valence electrons. The zero-order valence-electron chi connectivity index (χ0n) is 7.34. The van der Waals surface area contributed by atoms with Crippen LogP contribution >= 0.6 is 0 Å². The van der Waals surface area contributed by atoms with E-state index in [0.717, 1.165) is 12.1 Å². The second-order valence-corrected chi connectivity index (χ2v) is 3.82. The average molecular weight is 154 g/mol. The van der Waals surface area contributed by atoms with Gasteiger partial charge in [0.05, 0.1) is 0 Å². The smallest absolute Gasteiger partial charge is 0.0209 e. The Bertz CT molecular complexity index is 132. The fourth-order valence-corrected chi connectivity index (χ4v) is 1.84. The highest BCUT2D eigenvalue weighted by molar-refractivity contribution is 4.89. The number of likely N-dealkylation sites (tertiary alicyclic amines) is 1. The van der Waals surface area contributed by atoms with Gasteiger partial charge in [-0.1, -0.05) is 6.92 Å². The lowest BCUT2D eigenvalue weighted by Gasteiger charge is -2.13. The van der Waals surface area contributed by atoms with E-state index in [-0.39, 0.29) is 0 Å². The van der Waals surface area contributed by atoms with Crippen LogP contribution in [-0.4, -0.2) is 36.6 Å². The summed E-state index contributed by atoms with van der Waals surface area (Å²) in [5, 5.41) is 3.68. The minimum absolute atomic E-state index is 0.808. The predicted octanol–water partition coefficient (Wildman–Crippen LogP) is 0.833. The van der Waals surface area contributed by atoms with Crippen molar-refractivity contribution < 1.29 is 0 Å². The van der Waals surface area contributed by atoms with Crippen LogP contribution in [0.1, 0.15) is 26.2 Å². The maximum atomic E-state index is 3.68. The molecular formula is C9H18N2. The molecule has 0 spiro atoms. The molecule has 2 aliphatic rings. The van der Waals surface area contributed by atoms with Crippen LogP contribution in [0.2, 0.25) is 0 Å². The van der Waals surface area contributed by atoms with E-state index in [1.807, 2.05) is 0 Å². The number of hydrogen-bond donors (Lipinski definition) is 1. The van der Waals surface area contributed by atoms with Gasteiger partial charge in [0.2, 0.25) is 0 Å². The Morgan fingerprint density at radius 3 is 2.64 bits per heavy atom. The minimum Gasteiger partial charge on any atom is -0.310 e. The van der Waals surface area contributed by atoms with Crippen molar-refractivity contribution in [3.63, 3.8) is 0 Å². The number of likely N-dealkylation sites (N-methyl/N-ethyl adjacent to an activating group) is 1. The molecule has 0 amide bonds. The first kappa shape index (κ1) is 7.56. The maximum Gasteiger partial charge on any atom is 0.0209 e. The van der Waals surface area contributed by atoms with E-state index in [2.05, 4.69) is 17.1 Å². The van der Waals surface area contributed by atoms with Crippen molar-refractivity contribution in [3.05, 3.63) is 0 Å². The molecule has 2 nitrogen and oxygen atoms in total. The first-order chi connectivity index (χ1) is 5.38. The predicted molar refractivity (Wildman–Crippen MR) is 46.7 cm³/mol. The van der Waals surface area contributed by atoms with Gasteiger partial charge in [0, 0.05) is 18.6 Å². The first-order valence-corrected chi connectivity index (χ1v) is 4.87. The van der Waals surface area contributed by atoms with E-state index in [4.69, 9.17) is 0 Å². The van der Waals surface area contributed by atoms with Crippen LogP contribution in [0, 0.1) is 0 Å². The topological polar surface area (TPSA) is 15.3 Å². The standard InChI is InChI=1S/C9H18N2/c1-2-11-6-5-9(7-11)10-8-3-4-8/h8-10H,2-7H2,1H3/t9-/m0/s1. The fraction of sp³-hybridized carbons (Fsp3) is 1.00. The number of nitrogens with one attached hydrogen (secondary N) is 1. The van der Waals surface area contributed by atoms with Gasteiger partial charge in [0.1, 0.15) is 0 Å². The van der Waals surface area contributed by atoms with Crippen LogP contribution in [0.5, 0.6) is 0 Å². The summed E-state index contributed by atoms with van der Waals surface area (Å²) < 4.78 is 0. The zero-order valence-corrected chi connectivity index (χ0v) is 7.34. The van der Waals surface area contributed by atoms with Gasteiger partial charge in [-0.15, -0.1) is 0 Å². The van der Waals surface area contributed by atoms with Gasteiger partial charge >= 0.3 is 0 Å². The number of hydrogen-bond acceptors (Lipinski definition) is 2. The summed E-state index contributed by atoms with van der Waals surface area (Å²) >= 11 is 0. The van der Waals surface area contributed by atoms with Crippen LogP contribution in [0.4, 0.5) is 0 Å². The van der Waals surface area contributed by atoms with Gasteiger partial charge in [-0.3, -0.25) is 0 Å². The lowest BCUT2D eigenvalue weighted by molar-refractivity contribution is 0.345. The Hall–Kier alpha value is -0.0800. The third kappa shape index (κ3) is 1.94. The molecule has 0 aromatic carbocycles. The van der Waals surface area contributed by atoms with E-state index in [1.54, 1.807) is 0 Å². The van der Waals surface area contributed by atoms with Gasteiger partial charge in [-0.25, -0.2) is 0 Å². The molecule has 2 fully saturated rings. The minimum atomic E-state index is 0.808. The Morgan fingerprint density at radius 2 is 2.09 bits per heavy atom. The average Bonchev–Trinajstić information content (AvgIpc) is 2.68. The van der Waals surface area contributed by atoms with Gasteiger partial charge in [0.15, 0.2) is 0 Å². The molecule has 11 heavy (non-hydrogen) atoms. The third-order valence-corrected chi connectivity index (χ3v) is 2.77. The van der Waals surface area contributed by atoms with E-state index >= 15 is 0 Å². The fourth-order valence-electron chi connectivity index (χ4n) is 1.84. The van der Waals surface area contributed by atoms with Crippen LogP contribution in [0.3, 0.4) is 0 Å². The lowest BCUT2D eigenvalue weighted by Crippen LogP contribution is -2.33. The molecule has 0 radical (unpaired) electrons. The molecule has 0 unspecified atom stereocenters. The van der Waals surface area contributed by atoms with Gasteiger partial charge in [0.25, 0.3) is 0 Å². The Morgan fingerprint density at radius 1 is 1.27 bits per heavy atom. The Balaban J connectivity index is 1.70.